The number of amides is 2. The Hall–Kier alpha value is -2.76. The van der Waals surface area contributed by atoms with Crippen LogP contribution in [0.2, 0.25) is 0 Å². The molecule has 3 rings (SSSR count). The van der Waals surface area contributed by atoms with Crippen molar-refractivity contribution in [2.45, 2.75) is 25.3 Å². The van der Waals surface area contributed by atoms with Crippen LogP contribution in [-0.4, -0.2) is 40.8 Å². The number of carbonyl (C=O) groups is 2. The van der Waals surface area contributed by atoms with E-state index in [1.165, 1.54) is 6.07 Å². The maximum absolute atomic E-state index is 13.6. The Morgan fingerprint density at radius 1 is 1.12 bits per heavy atom. The molecular formula is C19H20FN3O2. The highest BCUT2D eigenvalue weighted by atomic mass is 19.1. The Morgan fingerprint density at radius 2 is 1.80 bits per heavy atom. The minimum Gasteiger partial charge on any atom is -0.353 e. The number of halogens is 1. The van der Waals surface area contributed by atoms with Crippen molar-refractivity contribution in [1.82, 2.24) is 15.2 Å². The van der Waals surface area contributed by atoms with E-state index in [4.69, 9.17) is 0 Å². The van der Waals surface area contributed by atoms with Crippen molar-refractivity contribution in [3.63, 3.8) is 0 Å². The summed E-state index contributed by atoms with van der Waals surface area (Å²) in [4.78, 5) is 30.2. The minimum absolute atomic E-state index is 0.0146. The van der Waals surface area contributed by atoms with Crippen molar-refractivity contribution in [3.05, 3.63) is 65.7 Å². The third-order valence-electron chi connectivity index (χ3n) is 4.38. The third kappa shape index (κ3) is 4.41. The van der Waals surface area contributed by atoms with Crippen LogP contribution < -0.4 is 5.32 Å². The molecule has 0 radical (unpaired) electrons. The summed E-state index contributed by atoms with van der Waals surface area (Å²) in [5.41, 5.74) is 1.02. The fraction of sp³-hybridized carbons (Fsp3) is 0.316. The van der Waals surface area contributed by atoms with Crippen LogP contribution in [0.3, 0.4) is 0 Å². The average molecular weight is 341 g/mol. The zero-order valence-corrected chi connectivity index (χ0v) is 13.8. The minimum atomic E-state index is -0.365. The van der Waals surface area contributed by atoms with Crippen molar-refractivity contribution in [3.8, 4) is 0 Å². The standard InChI is InChI=1S/C19H20FN3O2/c20-17-4-2-1-3-15(17)13-18(24)22-16-7-11-23(12-8-16)19(25)14-5-9-21-10-6-14/h1-6,9-10,16H,7-8,11-13H2,(H,22,24). The summed E-state index contributed by atoms with van der Waals surface area (Å²) >= 11 is 0. The molecule has 1 aromatic heterocycles. The van der Waals surface area contributed by atoms with Gasteiger partial charge in [-0.15, -0.1) is 0 Å². The molecule has 1 saturated heterocycles. The molecule has 2 amide bonds. The molecule has 5 nitrogen and oxygen atoms in total. The van der Waals surface area contributed by atoms with E-state index in [-0.39, 0.29) is 30.1 Å². The highest BCUT2D eigenvalue weighted by molar-refractivity contribution is 5.94. The van der Waals surface area contributed by atoms with Gasteiger partial charge in [0.15, 0.2) is 0 Å². The molecule has 0 aliphatic carbocycles. The first kappa shape index (κ1) is 17.1. The summed E-state index contributed by atoms with van der Waals surface area (Å²) in [7, 11) is 0. The summed E-state index contributed by atoms with van der Waals surface area (Å²) in [6, 6.07) is 9.70. The van der Waals surface area contributed by atoms with Gasteiger partial charge in [-0.25, -0.2) is 4.39 Å². The Kier molecular flexibility index (Phi) is 5.38. The number of hydrogen-bond donors (Lipinski definition) is 1. The van der Waals surface area contributed by atoms with Crippen LogP contribution in [-0.2, 0) is 11.2 Å². The molecule has 1 aliphatic heterocycles. The summed E-state index contributed by atoms with van der Waals surface area (Å²) in [5.74, 6) is -0.571. The van der Waals surface area contributed by atoms with Gasteiger partial charge in [0.2, 0.25) is 5.91 Å². The van der Waals surface area contributed by atoms with Crippen molar-refractivity contribution >= 4 is 11.8 Å². The SMILES string of the molecule is O=C(Cc1ccccc1F)NC1CCN(C(=O)c2ccncc2)CC1. The lowest BCUT2D eigenvalue weighted by molar-refractivity contribution is -0.121. The maximum Gasteiger partial charge on any atom is 0.253 e. The second-order valence-electron chi connectivity index (χ2n) is 6.14. The number of piperidine rings is 1. The van der Waals surface area contributed by atoms with Gasteiger partial charge in [-0.1, -0.05) is 18.2 Å². The lowest BCUT2D eigenvalue weighted by Crippen LogP contribution is -2.46. The summed E-state index contributed by atoms with van der Waals surface area (Å²) in [6.07, 6.45) is 4.62. The van der Waals surface area contributed by atoms with Gasteiger partial charge in [-0.05, 0) is 36.6 Å². The molecule has 0 atom stereocenters. The lowest BCUT2D eigenvalue weighted by Gasteiger charge is -2.32. The van der Waals surface area contributed by atoms with E-state index in [2.05, 4.69) is 10.3 Å². The fourth-order valence-corrected chi connectivity index (χ4v) is 3.00. The molecule has 0 unspecified atom stereocenters. The average Bonchev–Trinajstić information content (AvgIpc) is 2.64. The summed E-state index contributed by atoms with van der Waals surface area (Å²) in [6.45, 7) is 1.18. The van der Waals surface area contributed by atoms with Crippen LogP contribution in [0, 0.1) is 5.82 Å². The summed E-state index contributed by atoms with van der Waals surface area (Å²) in [5, 5.41) is 2.94. The smallest absolute Gasteiger partial charge is 0.253 e. The molecule has 1 aliphatic rings. The molecule has 0 spiro atoms. The van der Waals surface area contributed by atoms with Crippen molar-refractivity contribution in [2.24, 2.45) is 0 Å². The molecule has 0 saturated carbocycles. The van der Waals surface area contributed by atoms with Gasteiger partial charge in [0.25, 0.3) is 5.91 Å². The number of likely N-dealkylation sites (tertiary alicyclic amines) is 1. The monoisotopic (exact) mass is 341 g/mol. The summed E-state index contributed by atoms with van der Waals surface area (Å²) < 4.78 is 13.6. The number of hydrogen-bond acceptors (Lipinski definition) is 3. The molecule has 130 valence electrons. The van der Waals surface area contributed by atoms with Gasteiger partial charge in [0, 0.05) is 37.1 Å². The molecule has 1 fully saturated rings. The van der Waals surface area contributed by atoms with E-state index in [1.54, 1.807) is 47.6 Å². The normalized spacial score (nSPS) is 15.0. The number of rotatable bonds is 4. The Morgan fingerprint density at radius 3 is 2.48 bits per heavy atom. The van der Waals surface area contributed by atoms with Crippen LogP contribution in [0.4, 0.5) is 4.39 Å². The highest BCUT2D eigenvalue weighted by Crippen LogP contribution is 2.14. The first-order chi connectivity index (χ1) is 12.1. The number of nitrogens with one attached hydrogen (secondary N) is 1. The zero-order chi connectivity index (χ0) is 17.6. The molecule has 25 heavy (non-hydrogen) atoms. The fourth-order valence-electron chi connectivity index (χ4n) is 3.00. The van der Waals surface area contributed by atoms with Crippen LogP contribution in [0.15, 0.2) is 48.8 Å². The van der Waals surface area contributed by atoms with E-state index in [0.717, 1.165) is 0 Å². The van der Waals surface area contributed by atoms with E-state index in [9.17, 15) is 14.0 Å². The predicted molar refractivity (Wildman–Crippen MR) is 91.4 cm³/mol. The molecule has 6 heteroatoms. The van der Waals surface area contributed by atoms with E-state index >= 15 is 0 Å². The number of aromatic nitrogens is 1. The van der Waals surface area contributed by atoms with Gasteiger partial charge in [-0.2, -0.15) is 0 Å². The molecule has 1 aromatic carbocycles. The topological polar surface area (TPSA) is 62.3 Å². The highest BCUT2D eigenvalue weighted by Gasteiger charge is 2.24. The number of nitrogens with zero attached hydrogens (tertiary/aromatic N) is 2. The van der Waals surface area contributed by atoms with E-state index in [1.807, 2.05) is 0 Å². The molecule has 2 heterocycles. The van der Waals surface area contributed by atoms with Crippen LogP contribution >= 0.6 is 0 Å². The molecule has 1 N–H and O–H groups in total. The Balaban J connectivity index is 1.48. The molecule has 0 bridgehead atoms. The lowest BCUT2D eigenvalue weighted by atomic mass is 10.0. The Bertz CT molecular complexity index is 743. The first-order valence-electron chi connectivity index (χ1n) is 8.35. The number of carbonyl (C=O) groups excluding carboxylic acids is 2. The predicted octanol–water partition coefficient (Wildman–Crippen LogP) is 2.18. The van der Waals surface area contributed by atoms with E-state index in [0.29, 0.717) is 37.1 Å². The zero-order valence-electron chi connectivity index (χ0n) is 13.8. The van der Waals surface area contributed by atoms with Crippen molar-refractivity contribution < 1.29 is 14.0 Å². The van der Waals surface area contributed by atoms with Gasteiger partial charge in [0.05, 0.1) is 6.42 Å². The largest absolute Gasteiger partial charge is 0.353 e. The van der Waals surface area contributed by atoms with Gasteiger partial charge in [0.1, 0.15) is 5.82 Å². The molecular weight excluding hydrogens is 321 g/mol. The molecule has 2 aromatic rings. The Labute approximate surface area is 145 Å². The second-order valence-corrected chi connectivity index (χ2v) is 6.14. The van der Waals surface area contributed by atoms with Crippen LogP contribution in [0.25, 0.3) is 0 Å². The van der Waals surface area contributed by atoms with Gasteiger partial charge < -0.3 is 10.2 Å². The quantitative estimate of drug-likeness (QED) is 0.927. The number of benzene rings is 1. The third-order valence-corrected chi connectivity index (χ3v) is 4.38. The van der Waals surface area contributed by atoms with Crippen molar-refractivity contribution in [2.75, 3.05) is 13.1 Å². The van der Waals surface area contributed by atoms with Crippen LogP contribution in [0.5, 0.6) is 0 Å². The van der Waals surface area contributed by atoms with Crippen molar-refractivity contribution in [1.29, 1.82) is 0 Å². The maximum atomic E-state index is 13.6. The second kappa shape index (κ2) is 7.88. The van der Waals surface area contributed by atoms with Gasteiger partial charge in [-0.3, -0.25) is 14.6 Å². The first-order valence-corrected chi connectivity index (χ1v) is 8.35. The van der Waals surface area contributed by atoms with Crippen LogP contribution in [0.1, 0.15) is 28.8 Å². The van der Waals surface area contributed by atoms with E-state index < -0.39 is 0 Å². The number of pyridine rings is 1. The van der Waals surface area contributed by atoms with Gasteiger partial charge >= 0.3 is 0 Å².